The standard InChI is InChI=1S/C27H38N6O5S/c1-39-14-11-22(25(29)36)33-27(38)23(16-18-5-3-2-4-6-18)32-24(35)17-30-12-13-31-26(37)21(28)15-19-7-9-20(34)10-8-19/h2-10,21-23,30,34H,11-17,28H2,1H3,(H2,29,36)(H,31,37)(H,32,35)(H,33,38)/t21-,22-,23-/m0/s1. The van der Waals surface area contributed by atoms with Crippen LogP contribution in [0.1, 0.15) is 17.5 Å². The molecule has 0 fully saturated rings. The Kier molecular flexibility index (Phi) is 13.8. The van der Waals surface area contributed by atoms with Crippen LogP contribution < -0.4 is 32.7 Å². The van der Waals surface area contributed by atoms with Gasteiger partial charge in [-0.25, -0.2) is 0 Å². The summed E-state index contributed by atoms with van der Waals surface area (Å²) in [4.78, 5) is 49.6. The van der Waals surface area contributed by atoms with Gasteiger partial charge in [-0.3, -0.25) is 19.2 Å². The van der Waals surface area contributed by atoms with Crippen molar-refractivity contribution in [1.29, 1.82) is 0 Å². The molecule has 12 heteroatoms. The molecule has 0 saturated heterocycles. The number of carbonyl (C=O) groups is 4. The number of rotatable bonds is 17. The van der Waals surface area contributed by atoms with E-state index < -0.39 is 35.8 Å². The van der Waals surface area contributed by atoms with Crippen molar-refractivity contribution in [2.24, 2.45) is 11.5 Å². The van der Waals surface area contributed by atoms with Gasteiger partial charge in [0.15, 0.2) is 0 Å². The second-order valence-electron chi connectivity index (χ2n) is 9.00. The van der Waals surface area contributed by atoms with Crippen molar-refractivity contribution in [1.82, 2.24) is 21.3 Å². The molecule has 0 heterocycles. The Hall–Kier alpha value is -3.61. The first-order valence-corrected chi connectivity index (χ1v) is 14.0. The van der Waals surface area contributed by atoms with E-state index in [-0.39, 0.29) is 31.2 Å². The fourth-order valence-electron chi connectivity index (χ4n) is 3.68. The summed E-state index contributed by atoms with van der Waals surface area (Å²) < 4.78 is 0. The Morgan fingerprint density at radius 3 is 2.18 bits per heavy atom. The van der Waals surface area contributed by atoms with Crippen molar-refractivity contribution < 1.29 is 24.3 Å². The number of primary amides is 1. The number of thioether (sulfide) groups is 1. The molecule has 0 spiro atoms. The molecular formula is C27H38N6O5S. The number of hydrogen-bond acceptors (Lipinski definition) is 8. The van der Waals surface area contributed by atoms with E-state index >= 15 is 0 Å². The minimum absolute atomic E-state index is 0.0836. The van der Waals surface area contributed by atoms with Gasteiger partial charge in [-0.2, -0.15) is 11.8 Å². The van der Waals surface area contributed by atoms with Crippen LogP contribution in [0.4, 0.5) is 0 Å². The molecule has 2 rings (SSSR count). The highest BCUT2D eigenvalue weighted by molar-refractivity contribution is 7.98. The van der Waals surface area contributed by atoms with E-state index in [9.17, 15) is 24.3 Å². The van der Waals surface area contributed by atoms with Crippen LogP contribution in [0, 0.1) is 0 Å². The summed E-state index contributed by atoms with van der Waals surface area (Å²) in [6.45, 7) is 0.470. The number of carbonyl (C=O) groups excluding carboxylic acids is 4. The summed E-state index contributed by atoms with van der Waals surface area (Å²) in [7, 11) is 0. The Bertz CT molecular complexity index is 1070. The minimum Gasteiger partial charge on any atom is -0.508 e. The van der Waals surface area contributed by atoms with E-state index in [1.807, 2.05) is 36.6 Å². The summed E-state index contributed by atoms with van der Waals surface area (Å²) in [6, 6.07) is 13.2. The van der Waals surface area contributed by atoms with E-state index in [2.05, 4.69) is 21.3 Å². The highest BCUT2D eigenvalue weighted by atomic mass is 32.2. The largest absolute Gasteiger partial charge is 0.508 e. The highest BCUT2D eigenvalue weighted by Gasteiger charge is 2.25. The van der Waals surface area contributed by atoms with Crippen molar-refractivity contribution in [3.8, 4) is 5.75 Å². The first kappa shape index (κ1) is 31.6. The van der Waals surface area contributed by atoms with Gasteiger partial charge in [0.2, 0.25) is 23.6 Å². The summed E-state index contributed by atoms with van der Waals surface area (Å²) in [6.07, 6.45) is 2.84. The van der Waals surface area contributed by atoms with Crippen LogP contribution >= 0.6 is 11.8 Å². The van der Waals surface area contributed by atoms with Crippen LogP contribution in [0.5, 0.6) is 5.75 Å². The van der Waals surface area contributed by atoms with Crippen LogP contribution in [0.15, 0.2) is 54.6 Å². The number of hydrogen-bond donors (Lipinski definition) is 7. The van der Waals surface area contributed by atoms with Crippen LogP contribution in [-0.2, 0) is 32.0 Å². The van der Waals surface area contributed by atoms with E-state index in [0.717, 1.165) is 11.1 Å². The van der Waals surface area contributed by atoms with E-state index in [1.54, 1.807) is 12.1 Å². The van der Waals surface area contributed by atoms with Crippen molar-refractivity contribution in [2.45, 2.75) is 37.4 Å². The number of aromatic hydroxyl groups is 1. The number of nitrogens with one attached hydrogen (secondary N) is 4. The molecule has 4 amide bonds. The Balaban J connectivity index is 1.81. The molecule has 0 aromatic heterocycles. The fourth-order valence-corrected chi connectivity index (χ4v) is 4.16. The van der Waals surface area contributed by atoms with Gasteiger partial charge in [-0.05, 0) is 48.1 Å². The number of amides is 4. The molecule has 0 aliphatic carbocycles. The van der Waals surface area contributed by atoms with Gasteiger partial charge in [0, 0.05) is 19.5 Å². The van der Waals surface area contributed by atoms with E-state index in [4.69, 9.17) is 11.5 Å². The summed E-state index contributed by atoms with van der Waals surface area (Å²) >= 11 is 1.53. The predicted octanol–water partition coefficient (Wildman–Crippen LogP) is -0.581. The molecular weight excluding hydrogens is 520 g/mol. The van der Waals surface area contributed by atoms with Crippen LogP contribution in [-0.4, -0.2) is 78.5 Å². The van der Waals surface area contributed by atoms with E-state index in [1.165, 1.54) is 23.9 Å². The SMILES string of the molecule is CSCC[C@H](NC(=O)[C@H](Cc1ccccc1)NC(=O)CNCCNC(=O)[C@@H](N)Cc1ccc(O)cc1)C(N)=O. The van der Waals surface area contributed by atoms with Crippen LogP contribution in [0.25, 0.3) is 0 Å². The van der Waals surface area contributed by atoms with Crippen LogP contribution in [0.3, 0.4) is 0 Å². The zero-order valence-corrected chi connectivity index (χ0v) is 22.8. The molecule has 0 aliphatic rings. The molecule has 212 valence electrons. The van der Waals surface area contributed by atoms with Crippen molar-refractivity contribution >= 4 is 35.4 Å². The molecule has 0 radical (unpaired) electrons. The molecule has 39 heavy (non-hydrogen) atoms. The fraction of sp³-hybridized carbons (Fsp3) is 0.407. The summed E-state index contributed by atoms with van der Waals surface area (Å²) in [5, 5.41) is 20.4. The van der Waals surface area contributed by atoms with Gasteiger partial charge in [-0.15, -0.1) is 0 Å². The maximum Gasteiger partial charge on any atom is 0.243 e. The topological polar surface area (TPSA) is 189 Å². The molecule has 9 N–H and O–H groups in total. The number of phenols is 1. The van der Waals surface area contributed by atoms with Crippen molar-refractivity contribution in [3.63, 3.8) is 0 Å². The average Bonchev–Trinajstić information content (AvgIpc) is 2.91. The first-order valence-electron chi connectivity index (χ1n) is 12.6. The number of nitrogens with two attached hydrogens (primary N) is 2. The Labute approximate surface area is 232 Å². The van der Waals surface area contributed by atoms with Gasteiger partial charge in [-0.1, -0.05) is 42.5 Å². The maximum absolute atomic E-state index is 13.0. The lowest BCUT2D eigenvalue weighted by Crippen LogP contribution is -2.55. The van der Waals surface area contributed by atoms with Gasteiger partial charge in [0.1, 0.15) is 17.8 Å². The normalized spacial score (nSPS) is 13.1. The Morgan fingerprint density at radius 1 is 0.872 bits per heavy atom. The molecule has 0 bridgehead atoms. The summed E-state index contributed by atoms with van der Waals surface area (Å²) in [5.74, 6) is -1.09. The lowest BCUT2D eigenvalue weighted by atomic mass is 10.0. The Morgan fingerprint density at radius 2 is 1.54 bits per heavy atom. The lowest BCUT2D eigenvalue weighted by Gasteiger charge is -2.22. The van der Waals surface area contributed by atoms with Gasteiger partial charge >= 0.3 is 0 Å². The molecule has 2 aromatic rings. The molecule has 0 aliphatic heterocycles. The molecule has 0 saturated carbocycles. The summed E-state index contributed by atoms with van der Waals surface area (Å²) in [5.41, 5.74) is 13.1. The third-order valence-electron chi connectivity index (χ3n) is 5.82. The smallest absolute Gasteiger partial charge is 0.243 e. The third kappa shape index (κ3) is 12.2. The van der Waals surface area contributed by atoms with E-state index in [0.29, 0.717) is 25.1 Å². The maximum atomic E-state index is 13.0. The molecule has 2 aromatic carbocycles. The van der Waals surface area contributed by atoms with Gasteiger partial charge in [0.05, 0.1) is 12.6 Å². The van der Waals surface area contributed by atoms with Crippen LogP contribution in [0.2, 0.25) is 0 Å². The minimum atomic E-state index is -0.907. The predicted molar refractivity (Wildman–Crippen MR) is 152 cm³/mol. The monoisotopic (exact) mass is 558 g/mol. The second kappa shape index (κ2) is 17.1. The molecule has 3 atom stereocenters. The molecule has 0 unspecified atom stereocenters. The van der Waals surface area contributed by atoms with Gasteiger partial charge < -0.3 is 37.8 Å². The quantitative estimate of drug-likeness (QED) is 0.126. The third-order valence-corrected chi connectivity index (χ3v) is 6.46. The van der Waals surface area contributed by atoms with Crippen molar-refractivity contribution in [2.75, 3.05) is 31.6 Å². The number of benzene rings is 2. The first-order chi connectivity index (χ1) is 18.7. The zero-order chi connectivity index (χ0) is 28.6. The zero-order valence-electron chi connectivity index (χ0n) is 22.0. The second-order valence-corrected chi connectivity index (χ2v) is 9.99. The molecule has 11 nitrogen and oxygen atoms in total. The average molecular weight is 559 g/mol. The van der Waals surface area contributed by atoms with Gasteiger partial charge in [0.25, 0.3) is 0 Å². The lowest BCUT2D eigenvalue weighted by molar-refractivity contribution is -0.131. The highest BCUT2D eigenvalue weighted by Crippen LogP contribution is 2.11. The van der Waals surface area contributed by atoms with Crippen molar-refractivity contribution in [3.05, 3.63) is 65.7 Å². The number of phenolic OH excluding ortho intramolecular Hbond substituents is 1.